The highest BCUT2D eigenvalue weighted by Gasteiger charge is 2.54. The summed E-state index contributed by atoms with van der Waals surface area (Å²) in [6.07, 6.45) is 8.89. The summed E-state index contributed by atoms with van der Waals surface area (Å²) < 4.78 is 15.3. The van der Waals surface area contributed by atoms with E-state index >= 15 is 0 Å². The summed E-state index contributed by atoms with van der Waals surface area (Å²) in [4.78, 5) is 34.9. The molecule has 0 radical (unpaired) electrons. The van der Waals surface area contributed by atoms with Crippen LogP contribution in [0.3, 0.4) is 0 Å². The number of esters is 3. The van der Waals surface area contributed by atoms with E-state index in [4.69, 9.17) is 9.47 Å². The molecule has 6 nitrogen and oxygen atoms in total. The van der Waals surface area contributed by atoms with Gasteiger partial charge >= 0.3 is 17.9 Å². The Balaban J connectivity index is 1.66. The maximum Gasteiger partial charge on any atom is 0.331 e. The molecular formula is C25H36O6. The van der Waals surface area contributed by atoms with Crippen molar-refractivity contribution in [2.75, 3.05) is 20.3 Å². The highest BCUT2D eigenvalue weighted by molar-refractivity contribution is 5.85. The van der Waals surface area contributed by atoms with Crippen LogP contribution in [0.5, 0.6) is 0 Å². The minimum absolute atomic E-state index is 0.0527. The van der Waals surface area contributed by atoms with Crippen LogP contribution in [0.2, 0.25) is 0 Å². The molecule has 172 valence electrons. The van der Waals surface area contributed by atoms with Gasteiger partial charge in [0.1, 0.15) is 6.61 Å². The quantitative estimate of drug-likeness (QED) is 0.319. The monoisotopic (exact) mass is 432 g/mol. The maximum absolute atomic E-state index is 12.2. The molecule has 2 fully saturated rings. The minimum atomic E-state index is -0.397. The van der Waals surface area contributed by atoms with Crippen LogP contribution in [-0.2, 0) is 28.6 Å². The predicted molar refractivity (Wildman–Crippen MR) is 116 cm³/mol. The molecule has 31 heavy (non-hydrogen) atoms. The number of hydrogen-bond acceptors (Lipinski definition) is 6. The van der Waals surface area contributed by atoms with Crippen LogP contribution >= 0.6 is 0 Å². The molecule has 1 aliphatic heterocycles. The summed E-state index contributed by atoms with van der Waals surface area (Å²) in [6, 6.07) is 0. The van der Waals surface area contributed by atoms with Gasteiger partial charge in [0.15, 0.2) is 0 Å². The Morgan fingerprint density at radius 3 is 2.65 bits per heavy atom. The molecule has 3 aliphatic rings. The molecule has 0 spiro atoms. The number of hydrogen-bond donors (Lipinski definition) is 0. The molecule has 0 saturated heterocycles. The number of methoxy groups -OCH3 is 1. The summed E-state index contributed by atoms with van der Waals surface area (Å²) in [7, 11) is 1.32. The first-order valence-corrected chi connectivity index (χ1v) is 11.4. The van der Waals surface area contributed by atoms with Crippen LogP contribution in [0.15, 0.2) is 23.8 Å². The van der Waals surface area contributed by atoms with Crippen LogP contribution in [0, 0.1) is 22.7 Å². The molecule has 1 heterocycles. The van der Waals surface area contributed by atoms with E-state index < -0.39 is 5.97 Å². The standard InChI is InChI=1S/C25H36O6/c1-17-6-9-20-24(2,16-31-22(27)11-10-21(26)29-4)12-5-13-25(20,3)19(17)8-7-18-14-23(28)30-15-18/h14,19-20H,1,5-13,15-16H2,2-4H3/t19-,20-,24+,25+/m1/s1. The zero-order valence-electron chi connectivity index (χ0n) is 19.2. The molecule has 0 bridgehead atoms. The molecule has 2 saturated carbocycles. The topological polar surface area (TPSA) is 78.9 Å². The van der Waals surface area contributed by atoms with Gasteiger partial charge in [0.25, 0.3) is 0 Å². The Morgan fingerprint density at radius 1 is 1.23 bits per heavy atom. The number of carbonyl (C=O) groups is 3. The first-order chi connectivity index (χ1) is 14.7. The van der Waals surface area contributed by atoms with Gasteiger partial charge in [-0.25, -0.2) is 4.79 Å². The number of rotatable bonds is 8. The van der Waals surface area contributed by atoms with Crippen molar-refractivity contribution >= 4 is 17.9 Å². The Morgan fingerprint density at radius 2 is 1.97 bits per heavy atom. The number of allylic oxidation sites excluding steroid dienone is 1. The molecule has 0 aromatic heterocycles. The van der Waals surface area contributed by atoms with Crippen molar-refractivity contribution in [3.63, 3.8) is 0 Å². The van der Waals surface area contributed by atoms with Crippen molar-refractivity contribution in [1.29, 1.82) is 0 Å². The van der Waals surface area contributed by atoms with Crippen LogP contribution in [-0.4, -0.2) is 38.2 Å². The minimum Gasteiger partial charge on any atom is -0.469 e. The Hall–Kier alpha value is -2.11. The van der Waals surface area contributed by atoms with E-state index in [0.29, 0.717) is 25.0 Å². The number of cyclic esters (lactones) is 1. The lowest BCUT2D eigenvalue weighted by Crippen LogP contribution is -2.52. The Bertz CT molecular complexity index is 768. The van der Waals surface area contributed by atoms with E-state index in [1.807, 2.05) is 0 Å². The molecule has 3 rings (SSSR count). The molecule has 0 N–H and O–H groups in total. The van der Waals surface area contributed by atoms with E-state index in [9.17, 15) is 14.4 Å². The van der Waals surface area contributed by atoms with E-state index in [-0.39, 0.29) is 35.6 Å². The summed E-state index contributed by atoms with van der Waals surface area (Å²) >= 11 is 0. The first-order valence-electron chi connectivity index (χ1n) is 11.4. The largest absolute Gasteiger partial charge is 0.469 e. The van der Waals surface area contributed by atoms with Gasteiger partial charge in [0, 0.05) is 11.5 Å². The second-order valence-corrected chi connectivity index (χ2v) is 10.0. The summed E-state index contributed by atoms with van der Waals surface area (Å²) in [5.74, 6) is -0.147. The molecule has 0 unspecified atom stereocenters. The lowest BCUT2D eigenvalue weighted by Gasteiger charge is -2.58. The second kappa shape index (κ2) is 9.58. The lowest BCUT2D eigenvalue weighted by atomic mass is 9.47. The third kappa shape index (κ3) is 5.21. The summed E-state index contributed by atoms with van der Waals surface area (Å²) in [5.41, 5.74) is 2.40. The molecule has 0 amide bonds. The zero-order valence-corrected chi connectivity index (χ0v) is 19.2. The fourth-order valence-corrected chi connectivity index (χ4v) is 6.30. The van der Waals surface area contributed by atoms with E-state index in [0.717, 1.165) is 50.5 Å². The predicted octanol–water partition coefficient (Wildman–Crippen LogP) is 4.53. The third-order valence-corrected chi connectivity index (χ3v) is 7.94. The average Bonchev–Trinajstić information content (AvgIpc) is 3.14. The number of ether oxygens (including phenoxy) is 3. The smallest absolute Gasteiger partial charge is 0.331 e. The van der Waals surface area contributed by atoms with Crippen LogP contribution in [0.25, 0.3) is 0 Å². The third-order valence-electron chi connectivity index (χ3n) is 7.94. The SMILES string of the molecule is C=C1CC[C@@H]2[C@](C)(COC(=O)CCC(=O)OC)CCC[C@@]2(C)[C@@H]1CCC1=CC(=O)OC1. The van der Waals surface area contributed by atoms with Gasteiger partial charge in [0.2, 0.25) is 0 Å². The molecule has 0 aromatic rings. The Labute approximate surface area is 185 Å². The van der Waals surface area contributed by atoms with Crippen molar-refractivity contribution < 1.29 is 28.6 Å². The molecule has 4 atom stereocenters. The van der Waals surface area contributed by atoms with E-state index in [1.54, 1.807) is 6.08 Å². The van der Waals surface area contributed by atoms with E-state index in [1.165, 1.54) is 12.7 Å². The van der Waals surface area contributed by atoms with E-state index in [2.05, 4.69) is 25.2 Å². The molecule has 6 heteroatoms. The van der Waals surface area contributed by atoms with Crippen LogP contribution in [0.1, 0.15) is 71.6 Å². The van der Waals surface area contributed by atoms with Crippen molar-refractivity contribution in [3.05, 3.63) is 23.8 Å². The second-order valence-electron chi connectivity index (χ2n) is 10.0. The number of fused-ring (bicyclic) bond motifs is 1. The zero-order chi connectivity index (χ0) is 22.6. The molecule has 2 aliphatic carbocycles. The highest BCUT2D eigenvalue weighted by atomic mass is 16.5. The first kappa shape index (κ1) is 23.6. The molecular weight excluding hydrogens is 396 g/mol. The average molecular weight is 433 g/mol. The number of carbonyl (C=O) groups excluding carboxylic acids is 3. The van der Waals surface area contributed by atoms with Crippen molar-refractivity contribution in [3.8, 4) is 0 Å². The van der Waals surface area contributed by atoms with Crippen molar-refractivity contribution in [2.24, 2.45) is 22.7 Å². The van der Waals surface area contributed by atoms with Gasteiger partial charge in [0.05, 0.1) is 26.6 Å². The van der Waals surface area contributed by atoms with Crippen molar-refractivity contribution in [2.45, 2.75) is 71.6 Å². The fourth-order valence-electron chi connectivity index (χ4n) is 6.30. The normalized spacial score (nSPS) is 32.7. The van der Waals surface area contributed by atoms with Gasteiger partial charge < -0.3 is 14.2 Å². The van der Waals surface area contributed by atoms with Gasteiger partial charge in [-0.3, -0.25) is 9.59 Å². The van der Waals surface area contributed by atoms with Crippen LogP contribution < -0.4 is 0 Å². The van der Waals surface area contributed by atoms with Gasteiger partial charge in [-0.1, -0.05) is 32.4 Å². The van der Waals surface area contributed by atoms with Gasteiger partial charge in [-0.2, -0.15) is 0 Å². The lowest BCUT2D eigenvalue weighted by molar-refractivity contribution is -0.157. The van der Waals surface area contributed by atoms with Crippen molar-refractivity contribution in [1.82, 2.24) is 0 Å². The maximum atomic E-state index is 12.2. The summed E-state index contributed by atoms with van der Waals surface area (Å²) in [5, 5.41) is 0. The Kier molecular flexibility index (Phi) is 7.28. The summed E-state index contributed by atoms with van der Waals surface area (Å²) in [6.45, 7) is 9.85. The van der Waals surface area contributed by atoms with Gasteiger partial charge in [-0.15, -0.1) is 0 Å². The fraction of sp³-hybridized carbons (Fsp3) is 0.720. The highest BCUT2D eigenvalue weighted by Crippen LogP contribution is 2.62. The molecule has 0 aromatic carbocycles. The van der Waals surface area contributed by atoms with Gasteiger partial charge in [-0.05, 0) is 61.3 Å². The van der Waals surface area contributed by atoms with Crippen LogP contribution in [0.4, 0.5) is 0 Å².